The summed E-state index contributed by atoms with van der Waals surface area (Å²) in [6, 6.07) is 2.20. The van der Waals surface area contributed by atoms with Crippen LogP contribution in [-0.4, -0.2) is 17.8 Å². The molecular weight excluding hydrogens is 204 g/mol. The number of aryl methyl sites for hydroxylation is 1. The van der Waals surface area contributed by atoms with Crippen molar-refractivity contribution >= 4 is 24.3 Å². The molecule has 0 fully saturated rings. The van der Waals surface area contributed by atoms with Crippen LogP contribution in [0.5, 0.6) is 0 Å². The predicted molar refractivity (Wildman–Crippen MR) is 54.0 cm³/mol. The van der Waals surface area contributed by atoms with E-state index in [0.717, 1.165) is 12.1 Å². The lowest BCUT2D eigenvalue weighted by atomic mass is 9.92. The Balaban J connectivity index is 2.72. The van der Waals surface area contributed by atoms with E-state index >= 15 is 0 Å². The molecule has 2 rings (SSSR count). The molecule has 0 aliphatic rings. The molecule has 0 unspecified atom stereocenters. The molecule has 0 aliphatic heterocycles. The highest BCUT2D eigenvalue weighted by molar-refractivity contribution is 6.38. The van der Waals surface area contributed by atoms with Gasteiger partial charge in [0.1, 0.15) is 13.7 Å². The number of hydrogen-bond donors (Lipinski definition) is 1. The molecule has 78 valence electrons. The van der Waals surface area contributed by atoms with Gasteiger partial charge in [0.05, 0.1) is 16.6 Å². The minimum absolute atomic E-state index is 0.430. The number of H-pyrrole nitrogens is 1. The van der Waals surface area contributed by atoms with Gasteiger partial charge >= 0.3 is 6.18 Å². The highest BCUT2D eigenvalue weighted by Crippen LogP contribution is 2.30. The summed E-state index contributed by atoms with van der Waals surface area (Å²) in [6.45, 7) is 1.71. The number of nitrogens with zero attached hydrogens (tertiary/aromatic N) is 1. The third kappa shape index (κ3) is 1.71. The normalized spacial score (nSPS) is 12.3. The average molecular weight is 212 g/mol. The molecule has 15 heavy (non-hydrogen) atoms. The summed E-state index contributed by atoms with van der Waals surface area (Å²) < 4.78 is 37.4. The molecule has 2 aromatic rings. The van der Waals surface area contributed by atoms with Crippen LogP contribution in [0.3, 0.4) is 0 Å². The monoisotopic (exact) mass is 212 g/mol. The van der Waals surface area contributed by atoms with Crippen LogP contribution in [0.4, 0.5) is 13.2 Å². The molecule has 0 bridgehead atoms. The maximum absolute atomic E-state index is 12.5. The van der Waals surface area contributed by atoms with Gasteiger partial charge in [-0.3, -0.25) is 0 Å². The van der Waals surface area contributed by atoms with E-state index in [-0.39, 0.29) is 0 Å². The summed E-state index contributed by atoms with van der Waals surface area (Å²) in [6.07, 6.45) is -4.31. The minimum Gasteiger partial charge on any atom is -0.342 e. The van der Waals surface area contributed by atoms with Crippen LogP contribution in [0, 0.1) is 6.92 Å². The van der Waals surface area contributed by atoms with Gasteiger partial charge in [0, 0.05) is 0 Å². The summed E-state index contributed by atoms with van der Waals surface area (Å²) in [5.41, 5.74) is 0.917. The van der Waals surface area contributed by atoms with Crippen LogP contribution in [0.25, 0.3) is 11.0 Å². The molecule has 2 nitrogen and oxygen atoms in total. The Kier molecular flexibility index (Phi) is 2.03. The first-order valence-corrected chi connectivity index (χ1v) is 4.42. The van der Waals surface area contributed by atoms with Crippen LogP contribution in [-0.2, 0) is 6.18 Å². The van der Waals surface area contributed by atoms with Gasteiger partial charge in [-0.1, -0.05) is 11.5 Å². The molecule has 1 heterocycles. The molecule has 0 radical (unpaired) electrons. The van der Waals surface area contributed by atoms with Crippen molar-refractivity contribution in [3.05, 3.63) is 23.5 Å². The van der Waals surface area contributed by atoms with Crippen LogP contribution >= 0.6 is 0 Å². The maximum atomic E-state index is 12.5. The summed E-state index contributed by atoms with van der Waals surface area (Å²) in [5, 5.41) is 0. The van der Waals surface area contributed by atoms with Crippen molar-refractivity contribution in [1.29, 1.82) is 0 Å². The first-order valence-electron chi connectivity index (χ1n) is 4.42. The van der Waals surface area contributed by atoms with Gasteiger partial charge in [-0.05, 0) is 13.0 Å². The zero-order valence-electron chi connectivity index (χ0n) is 8.24. The highest BCUT2D eigenvalue weighted by Gasteiger charge is 2.31. The van der Waals surface area contributed by atoms with Gasteiger partial charge < -0.3 is 4.98 Å². The zero-order chi connectivity index (χ0) is 11.2. The highest BCUT2D eigenvalue weighted by atomic mass is 19.4. The SMILES string of the molecule is Bc1cc(C(F)(F)F)cc2[nH]c(C)nc12. The first kappa shape index (κ1) is 10.1. The Hall–Kier alpha value is -1.46. The predicted octanol–water partition coefficient (Wildman–Crippen LogP) is 1.15. The van der Waals surface area contributed by atoms with E-state index in [0.29, 0.717) is 22.3 Å². The van der Waals surface area contributed by atoms with Gasteiger partial charge in [0.15, 0.2) is 0 Å². The van der Waals surface area contributed by atoms with E-state index in [1.54, 1.807) is 14.8 Å². The molecule has 0 amide bonds. The number of alkyl halides is 3. The lowest BCUT2D eigenvalue weighted by Gasteiger charge is -2.07. The molecular formula is C9H8BF3N2. The van der Waals surface area contributed by atoms with Crippen molar-refractivity contribution in [2.24, 2.45) is 0 Å². The topological polar surface area (TPSA) is 28.7 Å². The Bertz CT molecular complexity index is 516. The van der Waals surface area contributed by atoms with Gasteiger partial charge in [0.2, 0.25) is 0 Å². The second-order valence-corrected chi connectivity index (χ2v) is 3.51. The third-order valence-electron chi connectivity index (χ3n) is 2.22. The fourth-order valence-electron chi connectivity index (χ4n) is 1.58. The second kappa shape index (κ2) is 3.02. The van der Waals surface area contributed by atoms with Gasteiger partial charge in [0.25, 0.3) is 0 Å². The number of halogens is 3. The summed E-state index contributed by atoms with van der Waals surface area (Å²) in [4.78, 5) is 6.91. The molecule has 0 saturated carbocycles. The van der Waals surface area contributed by atoms with E-state index in [9.17, 15) is 13.2 Å². The quantitative estimate of drug-likeness (QED) is 0.652. The first-order chi connectivity index (χ1) is 6.88. The fourth-order valence-corrected chi connectivity index (χ4v) is 1.58. The van der Waals surface area contributed by atoms with Crippen molar-refractivity contribution < 1.29 is 13.2 Å². The lowest BCUT2D eigenvalue weighted by Crippen LogP contribution is -2.12. The lowest BCUT2D eigenvalue weighted by molar-refractivity contribution is -0.137. The average Bonchev–Trinajstić information content (AvgIpc) is 2.44. The number of nitrogens with one attached hydrogen (secondary N) is 1. The molecule has 0 aliphatic carbocycles. The second-order valence-electron chi connectivity index (χ2n) is 3.51. The Morgan fingerprint density at radius 1 is 1.33 bits per heavy atom. The molecule has 1 aromatic heterocycles. The number of aromatic nitrogens is 2. The molecule has 1 N–H and O–H groups in total. The van der Waals surface area contributed by atoms with Gasteiger partial charge in [-0.25, -0.2) is 4.98 Å². The minimum atomic E-state index is -4.31. The Morgan fingerprint density at radius 3 is 2.60 bits per heavy atom. The number of rotatable bonds is 0. The van der Waals surface area contributed by atoms with Crippen molar-refractivity contribution in [3.63, 3.8) is 0 Å². The van der Waals surface area contributed by atoms with Crippen LogP contribution in [0.1, 0.15) is 11.4 Å². The number of benzene rings is 1. The molecule has 0 saturated heterocycles. The third-order valence-corrected chi connectivity index (χ3v) is 2.22. The standard InChI is InChI=1S/C9H8BF3N2/c1-4-14-7-3-5(9(11,12)13)2-6(10)8(7)15-4/h2-3H,10H2,1H3,(H,14,15). The smallest absolute Gasteiger partial charge is 0.342 e. The Morgan fingerprint density at radius 2 is 2.00 bits per heavy atom. The summed E-state index contributed by atoms with van der Waals surface area (Å²) in [7, 11) is 1.62. The summed E-state index contributed by atoms with van der Waals surface area (Å²) in [5.74, 6) is 0.618. The van der Waals surface area contributed by atoms with Crippen LogP contribution in [0.15, 0.2) is 12.1 Å². The molecule has 0 atom stereocenters. The number of aromatic amines is 1. The van der Waals surface area contributed by atoms with Gasteiger partial charge in [-0.2, -0.15) is 13.2 Å². The van der Waals surface area contributed by atoms with Crippen LogP contribution < -0.4 is 5.46 Å². The van der Waals surface area contributed by atoms with E-state index in [2.05, 4.69) is 9.97 Å². The van der Waals surface area contributed by atoms with Crippen LogP contribution in [0.2, 0.25) is 0 Å². The van der Waals surface area contributed by atoms with E-state index in [1.165, 1.54) is 0 Å². The van der Waals surface area contributed by atoms with Crippen molar-refractivity contribution in [2.45, 2.75) is 13.1 Å². The number of imidazole rings is 1. The van der Waals surface area contributed by atoms with Gasteiger partial charge in [-0.15, -0.1) is 0 Å². The van der Waals surface area contributed by atoms with Crippen molar-refractivity contribution in [2.75, 3.05) is 0 Å². The molecule has 1 aromatic carbocycles. The van der Waals surface area contributed by atoms with Crippen molar-refractivity contribution in [1.82, 2.24) is 9.97 Å². The fraction of sp³-hybridized carbons (Fsp3) is 0.222. The van der Waals surface area contributed by atoms with E-state index < -0.39 is 11.7 Å². The largest absolute Gasteiger partial charge is 0.416 e. The zero-order valence-corrected chi connectivity index (χ0v) is 8.24. The maximum Gasteiger partial charge on any atom is 0.416 e. The number of hydrogen-bond acceptors (Lipinski definition) is 1. The van der Waals surface area contributed by atoms with E-state index in [4.69, 9.17) is 0 Å². The van der Waals surface area contributed by atoms with Crippen molar-refractivity contribution in [3.8, 4) is 0 Å². The molecule has 0 spiro atoms. The summed E-state index contributed by atoms with van der Waals surface area (Å²) >= 11 is 0. The van der Waals surface area contributed by atoms with E-state index in [1.807, 2.05) is 0 Å². The Labute approximate surface area is 84.9 Å². The molecule has 6 heteroatoms. The number of fused-ring (bicyclic) bond motifs is 1.